The van der Waals surface area contributed by atoms with Crippen molar-refractivity contribution in [3.63, 3.8) is 0 Å². The van der Waals surface area contributed by atoms with E-state index in [1.165, 1.54) is 5.56 Å². The van der Waals surface area contributed by atoms with Gasteiger partial charge < -0.3 is 10.1 Å². The van der Waals surface area contributed by atoms with Crippen molar-refractivity contribution >= 4 is 0 Å². The van der Waals surface area contributed by atoms with Gasteiger partial charge in [0.1, 0.15) is 5.75 Å². The van der Waals surface area contributed by atoms with Crippen molar-refractivity contribution in [2.75, 3.05) is 13.2 Å². The van der Waals surface area contributed by atoms with Crippen LogP contribution in [0.4, 0.5) is 0 Å². The van der Waals surface area contributed by atoms with Crippen LogP contribution in [0.5, 0.6) is 5.75 Å². The highest BCUT2D eigenvalue weighted by atomic mass is 16.5. The maximum atomic E-state index is 5.34. The maximum Gasteiger partial charge on any atom is 0.119 e. The van der Waals surface area contributed by atoms with Crippen LogP contribution in [-0.2, 0) is 6.54 Å². The molecule has 2 heteroatoms. The maximum absolute atomic E-state index is 5.34. The molecule has 1 aromatic carbocycles. The van der Waals surface area contributed by atoms with Crippen LogP contribution in [-0.4, -0.2) is 13.2 Å². The first-order chi connectivity index (χ1) is 6.36. The number of nitrogens with one attached hydrogen (secondary N) is 1. The Hall–Kier alpha value is -1.02. The molecular formula is C11H17NO. The minimum atomic E-state index is 0.729. The Bertz CT molecular complexity index is 230. The van der Waals surface area contributed by atoms with Crippen molar-refractivity contribution in [1.29, 1.82) is 0 Å². The van der Waals surface area contributed by atoms with Gasteiger partial charge in [0, 0.05) is 6.54 Å². The summed E-state index contributed by atoms with van der Waals surface area (Å²) in [5.74, 6) is 0.947. The van der Waals surface area contributed by atoms with Crippen LogP contribution >= 0.6 is 0 Å². The average Bonchev–Trinajstić information content (AvgIpc) is 2.17. The Morgan fingerprint density at radius 1 is 1.15 bits per heavy atom. The summed E-state index contributed by atoms with van der Waals surface area (Å²) in [5, 5.41) is 3.28. The molecule has 0 atom stereocenters. The molecule has 0 unspecified atom stereocenters. The molecule has 13 heavy (non-hydrogen) atoms. The monoisotopic (exact) mass is 179 g/mol. The summed E-state index contributed by atoms with van der Waals surface area (Å²) in [7, 11) is 0. The summed E-state index contributed by atoms with van der Waals surface area (Å²) < 4.78 is 5.34. The minimum Gasteiger partial charge on any atom is -0.494 e. The highest BCUT2D eigenvalue weighted by Gasteiger charge is 1.93. The Kier molecular flexibility index (Phi) is 4.33. The molecule has 1 rings (SSSR count). The van der Waals surface area contributed by atoms with E-state index in [2.05, 4.69) is 24.4 Å². The number of benzene rings is 1. The van der Waals surface area contributed by atoms with Crippen molar-refractivity contribution in [2.45, 2.75) is 20.4 Å². The highest BCUT2D eigenvalue weighted by Crippen LogP contribution is 2.11. The van der Waals surface area contributed by atoms with Gasteiger partial charge in [0.25, 0.3) is 0 Å². The number of ether oxygens (including phenoxy) is 1. The Labute approximate surface area is 79.9 Å². The van der Waals surface area contributed by atoms with Gasteiger partial charge in [0.2, 0.25) is 0 Å². The highest BCUT2D eigenvalue weighted by molar-refractivity contribution is 5.27. The van der Waals surface area contributed by atoms with Crippen molar-refractivity contribution in [3.05, 3.63) is 29.8 Å². The lowest BCUT2D eigenvalue weighted by Gasteiger charge is -2.04. The van der Waals surface area contributed by atoms with Crippen LogP contribution in [0.15, 0.2) is 24.3 Å². The number of rotatable bonds is 5. The van der Waals surface area contributed by atoms with Gasteiger partial charge in [-0.25, -0.2) is 0 Å². The van der Waals surface area contributed by atoms with Crippen molar-refractivity contribution < 1.29 is 4.74 Å². The molecule has 0 aliphatic carbocycles. The van der Waals surface area contributed by atoms with E-state index in [4.69, 9.17) is 4.74 Å². The molecule has 2 nitrogen and oxygen atoms in total. The van der Waals surface area contributed by atoms with Crippen LogP contribution in [0.1, 0.15) is 19.4 Å². The predicted molar refractivity (Wildman–Crippen MR) is 55.0 cm³/mol. The normalized spacial score (nSPS) is 10.0. The van der Waals surface area contributed by atoms with Crippen molar-refractivity contribution in [3.8, 4) is 5.75 Å². The van der Waals surface area contributed by atoms with Gasteiger partial charge in [-0.1, -0.05) is 19.1 Å². The fourth-order valence-electron chi connectivity index (χ4n) is 1.14. The predicted octanol–water partition coefficient (Wildman–Crippen LogP) is 2.19. The van der Waals surface area contributed by atoms with Gasteiger partial charge in [-0.05, 0) is 31.2 Å². The first-order valence-corrected chi connectivity index (χ1v) is 4.79. The second-order valence-electron chi connectivity index (χ2n) is 2.86. The van der Waals surface area contributed by atoms with Gasteiger partial charge in [-0.15, -0.1) is 0 Å². The Morgan fingerprint density at radius 3 is 2.38 bits per heavy atom. The number of hydrogen-bond donors (Lipinski definition) is 1. The third-order valence-corrected chi connectivity index (χ3v) is 1.81. The van der Waals surface area contributed by atoms with Crippen LogP contribution in [0.25, 0.3) is 0 Å². The summed E-state index contributed by atoms with van der Waals surface area (Å²) in [6.07, 6.45) is 0. The lowest BCUT2D eigenvalue weighted by atomic mass is 10.2. The largest absolute Gasteiger partial charge is 0.494 e. The van der Waals surface area contributed by atoms with E-state index in [1.807, 2.05) is 19.1 Å². The minimum absolute atomic E-state index is 0.729. The molecule has 1 N–H and O–H groups in total. The van der Waals surface area contributed by atoms with Gasteiger partial charge in [-0.2, -0.15) is 0 Å². The summed E-state index contributed by atoms with van der Waals surface area (Å²) in [6.45, 7) is 6.77. The molecule has 0 spiro atoms. The number of hydrogen-bond acceptors (Lipinski definition) is 2. The van der Waals surface area contributed by atoms with Crippen LogP contribution < -0.4 is 10.1 Å². The van der Waals surface area contributed by atoms with Crippen molar-refractivity contribution in [2.24, 2.45) is 0 Å². The van der Waals surface area contributed by atoms with E-state index in [0.717, 1.165) is 25.4 Å². The third-order valence-electron chi connectivity index (χ3n) is 1.81. The second-order valence-corrected chi connectivity index (χ2v) is 2.86. The zero-order valence-electron chi connectivity index (χ0n) is 8.34. The molecule has 0 aliphatic heterocycles. The lowest BCUT2D eigenvalue weighted by Crippen LogP contribution is -2.11. The summed E-state index contributed by atoms with van der Waals surface area (Å²) >= 11 is 0. The molecule has 0 heterocycles. The zero-order valence-corrected chi connectivity index (χ0v) is 8.34. The standard InChI is InChI=1S/C11H17NO/c1-3-12-9-10-5-7-11(8-6-10)13-4-2/h5-8,12H,3-4,9H2,1-2H3. The van der Waals surface area contributed by atoms with Crippen LogP contribution in [0.2, 0.25) is 0 Å². The lowest BCUT2D eigenvalue weighted by molar-refractivity contribution is 0.340. The molecule has 0 bridgehead atoms. The van der Waals surface area contributed by atoms with E-state index in [-0.39, 0.29) is 0 Å². The molecule has 0 aliphatic rings. The molecule has 0 saturated heterocycles. The first-order valence-electron chi connectivity index (χ1n) is 4.79. The molecular weight excluding hydrogens is 162 g/mol. The molecule has 0 radical (unpaired) electrons. The molecule has 0 aromatic heterocycles. The topological polar surface area (TPSA) is 21.3 Å². The fraction of sp³-hybridized carbons (Fsp3) is 0.455. The summed E-state index contributed by atoms with van der Waals surface area (Å²) in [5.41, 5.74) is 1.30. The van der Waals surface area contributed by atoms with Gasteiger partial charge in [0.15, 0.2) is 0 Å². The second kappa shape index (κ2) is 5.60. The van der Waals surface area contributed by atoms with E-state index in [0.29, 0.717) is 0 Å². The van der Waals surface area contributed by atoms with Crippen LogP contribution in [0.3, 0.4) is 0 Å². The Morgan fingerprint density at radius 2 is 1.85 bits per heavy atom. The van der Waals surface area contributed by atoms with Gasteiger partial charge in [-0.3, -0.25) is 0 Å². The molecule has 72 valence electrons. The molecule has 0 amide bonds. The SMILES string of the molecule is CCNCc1ccc(OCC)cc1. The Balaban J connectivity index is 2.48. The quantitative estimate of drug-likeness (QED) is 0.748. The molecule has 1 aromatic rings. The van der Waals surface area contributed by atoms with E-state index >= 15 is 0 Å². The van der Waals surface area contributed by atoms with Crippen molar-refractivity contribution in [1.82, 2.24) is 5.32 Å². The first kappa shape index (κ1) is 10.1. The van der Waals surface area contributed by atoms with E-state index in [1.54, 1.807) is 0 Å². The van der Waals surface area contributed by atoms with Crippen LogP contribution in [0, 0.1) is 0 Å². The van der Waals surface area contributed by atoms with E-state index < -0.39 is 0 Å². The van der Waals surface area contributed by atoms with Gasteiger partial charge in [0.05, 0.1) is 6.61 Å². The third kappa shape index (κ3) is 3.47. The van der Waals surface area contributed by atoms with Gasteiger partial charge >= 0.3 is 0 Å². The van der Waals surface area contributed by atoms with E-state index in [9.17, 15) is 0 Å². The summed E-state index contributed by atoms with van der Waals surface area (Å²) in [6, 6.07) is 8.20. The molecule has 0 fully saturated rings. The zero-order chi connectivity index (χ0) is 9.52. The average molecular weight is 179 g/mol. The molecule has 0 saturated carbocycles. The smallest absolute Gasteiger partial charge is 0.119 e. The summed E-state index contributed by atoms with van der Waals surface area (Å²) in [4.78, 5) is 0. The fourth-order valence-corrected chi connectivity index (χ4v) is 1.14.